The molecular weight excluding hydrogens is 317 g/mol. The van der Waals surface area contributed by atoms with Gasteiger partial charge in [-0.1, -0.05) is 95.2 Å². The molecule has 0 N–H and O–H groups in total. The fraction of sp³-hybridized carbons (Fsp3) is 0.882. The molecule has 126 valence electrons. The summed E-state index contributed by atoms with van der Waals surface area (Å²) < 4.78 is 0. The topological polar surface area (TPSA) is 0 Å². The molecule has 0 aliphatic rings. The van der Waals surface area contributed by atoms with Gasteiger partial charge in [0.2, 0.25) is 0 Å². The maximum Gasteiger partial charge on any atom is 0.0762 e. The lowest BCUT2D eigenvalue weighted by Crippen LogP contribution is -2.38. The second kappa shape index (κ2) is 7.93. The van der Waals surface area contributed by atoms with Gasteiger partial charge in [-0.2, -0.15) is 0 Å². The quantitative estimate of drug-likeness (QED) is 0.363. The van der Waals surface area contributed by atoms with Crippen LogP contribution in [-0.4, -0.2) is 32.3 Å². The fourth-order valence-electron chi connectivity index (χ4n) is 2.55. The van der Waals surface area contributed by atoms with Crippen molar-refractivity contribution in [2.75, 3.05) is 0 Å². The highest BCUT2D eigenvalue weighted by atomic mass is 28.3. The minimum absolute atomic E-state index is 0.923. The van der Waals surface area contributed by atoms with E-state index in [9.17, 15) is 0 Å². The van der Waals surface area contributed by atoms with Crippen LogP contribution < -0.4 is 0 Å². The Morgan fingerprint density at radius 1 is 0.524 bits per heavy atom. The SMILES string of the molecule is C=C[Si](CC[Si](C)(C)C)(CC[Si](C)(C)C)CC[Si](C)(C)C. The monoisotopic (exact) mass is 358 g/mol. The molecule has 0 radical (unpaired) electrons. The van der Waals surface area contributed by atoms with E-state index in [1.807, 2.05) is 0 Å². The van der Waals surface area contributed by atoms with E-state index in [1.54, 1.807) is 0 Å². The summed E-state index contributed by atoms with van der Waals surface area (Å²) >= 11 is 0. The Hall–Kier alpha value is 0.608. The van der Waals surface area contributed by atoms with E-state index in [0.717, 1.165) is 0 Å². The Morgan fingerprint density at radius 3 is 0.905 bits per heavy atom. The largest absolute Gasteiger partial charge is 0.107 e. The van der Waals surface area contributed by atoms with Crippen molar-refractivity contribution in [1.82, 2.24) is 0 Å². The minimum Gasteiger partial charge on any atom is -0.107 e. The Balaban J connectivity index is 4.95. The summed E-state index contributed by atoms with van der Waals surface area (Å²) in [7, 11) is -4.00. The van der Waals surface area contributed by atoms with Gasteiger partial charge in [-0.3, -0.25) is 0 Å². The van der Waals surface area contributed by atoms with Crippen LogP contribution in [0.1, 0.15) is 0 Å². The lowest BCUT2D eigenvalue weighted by molar-refractivity contribution is 1.13. The lowest BCUT2D eigenvalue weighted by atomic mass is 10.9. The van der Waals surface area contributed by atoms with Crippen LogP contribution in [-0.2, 0) is 0 Å². The van der Waals surface area contributed by atoms with Gasteiger partial charge in [0.1, 0.15) is 0 Å². The van der Waals surface area contributed by atoms with Gasteiger partial charge in [-0.15, -0.1) is 12.3 Å². The molecular formula is C17H42Si4. The molecule has 0 spiro atoms. The van der Waals surface area contributed by atoms with E-state index >= 15 is 0 Å². The summed E-state index contributed by atoms with van der Waals surface area (Å²) in [5.41, 5.74) is 2.49. The molecule has 0 aromatic rings. The van der Waals surface area contributed by atoms with Crippen molar-refractivity contribution in [3.05, 3.63) is 12.3 Å². The molecule has 0 saturated heterocycles. The second-order valence-electron chi connectivity index (χ2n) is 10.7. The van der Waals surface area contributed by atoms with Gasteiger partial charge in [0.05, 0.1) is 8.07 Å². The van der Waals surface area contributed by atoms with Gasteiger partial charge in [0, 0.05) is 24.2 Å². The Kier molecular flexibility index (Phi) is 8.16. The summed E-state index contributed by atoms with van der Waals surface area (Å²) in [6.45, 7) is 27.1. The van der Waals surface area contributed by atoms with Crippen LogP contribution in [0.4, 0.5) is 0 Å². The average molecular weight is 359 g/mol. The van der Waals surface area contributed by atoms with E-state index in [-0.39, 0.29) is 0 Å². The minimum atomic E-state index is -1.23. The van der Waals surface area contributed by atoms with Crippen molar-refractivity contribution in [2.24, 2.45) is 0 Å². The number of hydrogen-bond donors (Lipinski definition) is 0. The maximum atomic E-state index is 4.34. The molecule has 0 rings (SSSR count). The van der Waals surface area contributed by atoms with Crippen molar-refractivity contribution >= 4 is 32.3 Å². The zero-order valence-corrected chi connectivity index (χ0v) is 20.5. The molecule has 0 aromatic carbocycles. The third-order valence-corrected chi connectivity index (χ3v) is 15.9. The normalized spacial score (nSPS) is 14.3. The molecule has 0 bridgehead atoms. The number of hydrogen-bond acceptors (Lipinski definition) is 0. The van der Waals surface area contributed by atoms with Crippen LogP contribution in [0.5, 0.6) is 0 Å². The van der Waals surface area contributed by atoms with Crippen LogP contribution in [0, 0.1) is 0 Å². The van der Waals surface area contributed by atoms with Gasteiger partial charge < -0.3 is 0 Å². The third kappa shape index (κ3) is 11.8. The van der Waals surface area contributed by atoms with Crippen molar-refractivity contribution < 1.29 is 0 Å². The molecule has 0 heterocycles. The maximum absolute atomic E-state index is 4.34. The highest BCUT2D eigenvalue weighted by Crippen LogP contribution is 2.34. The predicted molar refractivity (Wildman–Crippen MR) is 115 cm³/mol. The Bertz CT molecular complexity index is 270. The lowest BCUT2D eigenvalue weighted by Gasteiger charge is -2.35. The Labute approximate surface area is 139 Å². The van der Waals surface area contributed by atoms with E-state index in [1.165, 1.54) is 36.3 Å². The molecule has 0 atom stereocenters. The highest BCUT2D eigenvalue weighted by Gasteiger charge is 2.34. The fourth-order valence-corrected chi connectivity index (χ4v) is 18.9. The molecule has 0 aliphatic heterocycles. The predicted octanol–water partition coefficient (Wildman–Crippen LogP) is 7.18. The van der Waals surface area contributed by atoms with Gasteiger partial charge in [0.25, 0.3) is 0 Å². The third-order valence-electron chi connectivity index (χ3n) is 4.55. The molecule has 0 nitrogen and oxygen atoms in total. The molecule has 0 aliphatic carbocycles. The summed E-state index contributed by atoms with van der Waals surface area (Å²) in [6.07, 6.45) is 0. The van der Waals surface area contributed by atoms with Crippen molar-refractivity contribution in [1.29, 1.82) is 0 Å². The van der Waals surface area contributed by atoms with Gasteiger partial charge >= 0.3 is 0 Å². The smallest absolute Gasteiger partial charge is 0.0762 e. The first kappa shape index (κ1) is 21.6. The first-order chi connectivity index (χ1) is 9.18. The number of rotatable bonds is 10. The molecule has 21 heavy (non-hydrogen) atoms. The van der Waals surface area contributed by atoms with Crippen LogP contribution in [0.15, 0.2) is 12.3 Å². The van der Waals surface area contributed by atoms with Crippen molar-refractivity contribution in [3.63, 3.8) is 0 Å². The standard InChI is InChI=1S/C17H42Si4/c1-11-21(15-12-18(2,3)4,16-13-19(5,6)7)17-14-20(8,9)10/h11H,1,12-17H2,2-10H3. The zero-order valence-electron chi connectivity index (χ0n) is 16.5. The summed E-state index contributed by atoms with van der Waals surface area (Å²) in [6, 6.07) is 9.14. The second-order valence-corrected chi connectivity index (χ2v) is 32.2. The van der Waals surface area contributed by atoms with E-state index in [4.69, 9.17) is 0 Å². The van der Waals surface area contributed by atoms with E-state index < -0.39 is 32.3 Å². The van der Waals surface area contributed by atoms with E-state index in [2.05, 4.69) is 71.2 Å². The van der Waals surface area contributed by atoms with Crippen molar-refractivity contribution in [2.45, 2.75) is 95.2 Å². The summed E-state index contributed by atoms with van der Waals surface area (Å²) in [5, 5.41) is 0. The molecule has 0 saturated carbocycles. The van der Waals surface area contributed by atoms with Crippen LogP contribution in [0.25, 0.3) is 0 Å². The van der Waals surface area contributed by atoms with Crippen molar-refractivity contribution in [3.8, 4) is 0 Å². The average Bonchev–Trinajstić information content (AvgIpc) is 2.25. The van der Waals surface area contributed by atoms with Gasteiger partial charge in [-0.25, -0.2) is 0 Å². The molecule has 0 fully saturated rings. The van der Waals surface area contributed by atoms with Crippen LogP contribution >= 0.6 is 0 Å². The highest BCUT2D eigenvalue weighted by molar-refractivity contribution is 6.90. The van der Waals surface area contributed by atoms with Gasteiger partial charge in [0.15, 0.2) is 0 Å². The molecule has 4 heteroatoms. The van der Waals surface area contributed by atoms with Crippen LogP contribution in [0.2, 0.25) is 95.2 Å². The first-order valence-electron chi connectivity index (χ1n) is 8.82. The van der Waals surface area contributed by atoms with Gasteiger partial charge in [-0.05, 0) is 0 Å². The summed E-state index contributed by atoms with van der Waals surface area (Å²) in [4.78, 5) is 0. The molecule has 0 aromatic heterocycles. The molecule has 0 unspecified atom stereocenters. The van der Waals surface area contributed by atoms with E-state index in [0.29, 0.717) is 0 Å². The zero-order chi connectivity index (χ0) is 16.9. The Morgan fingerprint density at radius 2 is 0.762 bits per heavy atom. The van der Waals surface area contributed by atoms with Crippen LogP contribution in [0.3, 0.4) is 0 Å². The summed E-state index contributed by atoms with van der Waals surface area (Å²) in [5.74, 6) is 0. The molecule has 0 amide bonds. The first-order valence-corrected chi connectivity index (χ1v) is 22.6.